The van der Waals surface area contributed by atoms with Crippen LogP contribution in [0.1, 0.15) is 38.2 Å². The normalized spacial score (nSPS) is 15.0. The van der Waals surface area contributed by atoms with Crippen LogP contribution in [-0.4, -0.2) is 50.0 Å². The molecule has 0 aromatic heterocycles. The molecule has 7 nitrogen and oxygen atoms in total. The van der Waals surface area contributed by atoms with Crippen molar-refractivity contribution >= 4 is 39.1 Å². The fourth-order valence-corrected chi connectivity index (χ4v) is 5.03. The van der Waals surface area contributed by atoms with Crippen molar-refractivity contribution in [3.05, 3.63) is 64.7 Å². The van der Waals surface area contributed by atoms with Crippen LogP contribution < -0.4 is 9.62 Å². The monoisotopic (exact) mass is 527 g/mol. The van der Waals surface area contributed by atoms with E-state index in [0.29, 0.717) is 5.56 Å². The maximum Gasteiger partial charge on any atom is 0.244 e. The SMILES string of the molecule is C[C@@H](C(=O)NC1CCCC1)N(Cc1ccc(F)cc1)C(=O)CN(c1ccc(F)c(Cl)c1)S(C)(=O)=O. The largest absolute Gasteiger partial charge is 0.352 e. The minimum Gasteiger partial charge on any atom is -0.352 e. The number of carbonyl (C=O) groups excluding carboxylic acids is 2. The van der Waals surface area contributed by atoms with Crippen molar-refractivity contribution in [3.63, 3.8) is 0 Å². The Morgan fingerprint density at radius 1 is 1.11 bits per heavy atom. The highest BCUT2D eigenvalue weighted by Gasteiger charge is 2.31. The van der Waals surface area contributed by atoms with E-state index in [1.54, 1.807) is 6.92 Å². The number of carbonyl (C=O) groups is 2. The Kier molecular flexibility index (Phi) is 8.71. The summed E-state index contributed by atoms with van der Waals surface area (Å²) in [6, 6.07) is 7.90. The zero-order valence-corrected chi connectivity index (χ0v) is 21.1. The zero-order valence-electron chi connectivity index (χ0n) is 19.5. The molecule has 35 heavy (non-hydrogen) atoms. The summed E-state index contributed by atoms with van der Waals surface area (Å²) in [7, 11) is -3.96. The predicted octanol–water partition coefficient (Wildman–Crippen LogP) is 3.86. The van der Waals surface area contributed by atoms with E-state index < -0.39 is 40.2 Å². The van der Waals surface area contributed by atoms with Crippen LogP contribution in [0.25, 0.3) is 0 Å². The van der Waals surface area contributed by atoms with E-state index in [1.807, 2.05) is 0 Å². The zero-order chi connectivity index (χ0) is 25.8. The Balaban J connectivity index is 1.88. The molecule has 0 spiro atoms. The molecule has 0 radical (unpaired) electrons. The molecular weight excluding hydrogens is 500 g/mol. The van der Waals surface area contributed by atoms with E-state index in [0.717, 1.165) is 48.4 Å². The fourth-order valence-electron chi connectivity index (χ4n) is 4.01. The Labute approximate surface area is 209 Å². The van der Waals surface area contributed by atoms with Gasteiger partial charge in [-0.25, -0.2) is 17.2 Å². The summed E-state index contributed by atoms with van der Waals surface area (Å²) < 4.78 is 52.9. The molecule has 1 aliphatic carbocycles. The van der Waals surface area contributed by atoms with Crippen LogP contribution in [-0.2, 0) is 26.2 Å². The lowest BCUT2D eigenvalue weighted by Gasteiger charge is -2.32. The Morgan fingerprint density at radius 3 is 2.31 bits per heavy atom. The summed E-state index contributed by atoms with van der Waals surface area (Å²) in [6.45, 7) is 0.883. The van der Waals surface area contributed by atoms with E-state index in [-0.39, 0.29) is 29.2 Å². The van der Waals surface area contributed by atoms with Gasteiger partial charge in [0.05, 0.1) is 17.0 Å². The lowest BCUT2D eigenvalue weighted by Crippen LogP contribution is -2.52. The van der Waals surface area contributed by atoms with Crippen molar-refractivity contribution in [2.45, 2.75) is 51.2 Å². The highest BCUT2D eigenvalue weighted by molar-refractivity contribution is 7.92. The number of hydrogen-bond donors (Lipinski definition) is 1. The van der Waals surface area contributed by atoms with Gasteiger partial charge < -0.3 is 10.2 Å². The Hall–Kier alpha value is -2.72. The molecule has 11 heteroatoms. The Morgan fingerprint density at radius 2 is 1.74 bits per heavy atom. The lowest BCUT2D eigenvalue weighted by molar-refractivity contribution is -0.139. The van der Waals surface area contributed by atoms with Gasteiger partial charge in [0.1, 0.15) is 24.2 Å². The first-order chi connectivity index (χ1) is 16.5. The van der Waals surface area contributed by atoms with Gasteiger partial charge in [0, 0.05) is 12.6 Å². The molecule has 0 heterocycles. The summed E-state index contributed by atoms with van der Waals surface area (Å²) >= 11 is 5.82. The van der Waals surface area contributed by atoms with Gasteiger partial charge in [-0.15, -0.1) is 0 Å². The van der Waals surface area contributed by atoms with Gasteiger partial charge in [0.2, 0.25) is 21.8 Å². The lowest BCUT2D eigenvalue weighted by atomic mass is 10.1. The third-order valence-corrected chi connectivity index (χ3v) is 7.44. The van der Waals surface area contributed by atoms with Crippen LogP contribution in [0.5, 0.6) is 0 Å². The number of nitrogens with one attached hydrogen (secondary N) is 1. The molecule has 1 saturated carbocycles. The summed E-state index contributed by atoms with van der Waals surface area (Å²) in [5.41, 5.74) is 0.577. The quantitative estimate of drug-likeness (QED) is 0.536. The number of hydrogen-bond acceptors (Lipinski definition) is 4. The molecule has 1 aliphatic rings. The number of rotatable bonds is 9. The number of amides is 2. The summed E-state index contributed by atoms with van der Waals surface area (Å²) in [5, 5.41) is 2.66. The molecule has 2 amide bonds. The number of anilines is 1. The van der Waals surface area contributed by atoms with Crippen molar-refractivity contribution in [1.29, 1.82) is 0 Å². The van der Waals surface area contributed by atoms with Crippen LogP contribution in [0.3, 0.4) is 0 Å². The third kappa shape index (κ3) is 7.14. The molecule has 1 fully saturated rings. The van der Waals surface area contributed by atoms with Crippen molar-refractivity contribution in [2.24, 2.45) is 0 Å². The van der Waals surface area contributed by atoms with E-state index in [9.17, 15) is 26.8 Å². The van der Waals surface area contributed by atoms with E-state index in [4.69, 9.17) is 11.6 Å². The molecular formula is C24H28ClF2N3O4S. The van der Waals surface area contributed by atoms with E-state index in [2.05, 4.69) is 5.32 Å². The number of nitrogens with zero attached hydrogens (tertiary/aromatic N) is 2. The van der Waals surface area contributed by atoms with Crippen molar-refractivity contribution in [1.82, 2.24) is 10.2 Å². The second kappa shape index (κ2) is 11.3. The maximum absolute atomic E-state index is 13.6. The first-order valence-electron chi connectivity index (χ1n) is 11.2. The molecule has 2 aromatic carbocycles. The number of benzene rings is 2. The van der Waals surface area contributed by atoms with Crippen LogP contribution in [0, 0.1) is 11.6 Å². The summed E-state index contributed by atoms with van der Waals surface area (Å²) in [4.78, 5) is 27.7. The van der Waals surface area contributed by atoms with Gasteiger partial charge in [-0.1, -0.05) is 36.6 Å². The third-order valence-electron chi connectivity index (χ3n) is 6.01. The summed E-state index contributed by atoms with van der Waals surface area (Å²) in [5.74, 6) is -2.20. The first-order valence-corrected chi connectivity index (χ1v) is 13.5. The van der Waals surface area contributed by atoms with Crippen molar-refractivity contribution in [2.75, 3.05) is 17.1 Å². The van der Waals surface area contributed by atoms with Gasteiger partial charge in [0.25, 0.3) is 0 Å². The minimum absolute atomic E-state index is 0.0112. The molecule has 2 aromatic rings. The molecule has 190 valence electrons. The average Bonchev–Trinajstić information content (AvgIpc) is 3.30. The Bertz CT molecular complexity index is 1170. The smallest absolute Gasteiger partial charge is 0.244 e. The van der Waals surface area contributed by atoms with Crippen LogP contribution in [0.4, 0.5) is 14.5 Å². The van der Waals surface area contributed by atoms with Crippen LogP contribution in [0.2, 0.25) is 5.02 Å². The molecule has 0 saturated heterocycles. The maximum atomic E-state index is 13.6. The van der Waals surface area contributed by atoms with Gasteiger partial charge in [-0.05, 0) is 55.7 Å². The molecule has 0 aliphatic heterocycles. The van der Waals surface area contributed by atoms with Crippen LogP contribution in [0.15, 0.2) is 42.5 Å². The average molecular weight is 528 g/mol. The molecule has 3 rings (SSSR count). The molecule has 0 unspecified atom stereocenters. The van der Waals surface area contributed by atoms with Crippen LogP contribution >= 0.6 is 11.6 Å². The molecule has 1 atom stereocenters. The highest BCUT2D eigenvalue weighted by Crippen LogP contribution is 2.25. The van der Waals surface area contributed by atoms with Gasteiger partial charge in [-0.2, -0.15) is 0 Å². The van der Waals surface area contributed by atoms with Gasteiger partial charge >= 0.3 is 0 Å². The second-order valence-corrected chi connectivity index (χ2v) is 11.0. The predicted molar refractivity (Wildman–Crippen MR) is 130 cm³/mol. The standard InChI is InChI=1S/C24H28ClF2N3O4S/c1-16(24(32)28-19-5-3-4-6-19)29(14-17-7-9-18(26)10-8-17)23(31)15-30(35(2,33)34)20-11-12-22(27)21(25)13-20/h7-13,16,19H,3-6,14-15H2,1-2H3,(H,28,32)/t16-/m0/s1. The number of sulfonamides is 1. The second-order valence-electron chi connectivity index (χ2n) is 8.68. The minimum atomic E-state index is -3.96. The fraction of sp³-hybridized carbons (Fsp3) is 0.417. The first kappa shape index (κ1) is 26.9. The number of halogens is 3. The molecule has 0 bridgehead atoms. The highest BCUT2D eigenvalue weighted by atomic mass is 35.5. The van der Waals surface area contributed by atoms with Crippen molar-refractivity contribution < 1.29 is 26.8 Å². The van der Waals surface area contributed by atoms with E-state index in [1.165, 1.54) is 35.2 Å². The molecule has 1 N–H and O–H groups in total. The van der Waals surface area contributed by atoms with E-state index >= 15 is 0 Å². The van der Waals surface area contributed by atoms with Gasteiger partial charge in [0.15, 0.2) is 0 Å². The van der Waals surface area contributed by atoms with Crippen molar-refractivity contribution in [3.8, 4) is 0 Å². The summed E-state index contributed by atoms with van der Waals surface area (Å²) in [6.07, 6.45) is 4.66. The topological polar surface area (TPSA) is 86.8 Å². The van der Waals surface area contributed by atoms with Gasteiger partial charge in [-0.3, -0.25) is 13.9 Å².